The van der Waals surface area contributed by atoms with Gasteiger partial charge in [-0.15, -0.1) is 11.8 Å². The van der Waals surface area contributed by atoms with E-state index in [-0.39, 0.29) is 11.5 Å². The van der Waals surface area contributed by atoms with E-state index in [9.17, 15) is 4.39 Å². The lowest BCUT2D eigenvalue weighted by Gasteiger charge is -2.06. The van der Waals surface area contributed by atoms with Gasteiger partial charge in [0.1, 0.15) is 5.82 Å². The fraction of sp³-hybridized carbons (Fsp3) is 0.0769. The van der Waals surface area contributed by atoms with E-state index in [2.05, 4.69) is 0 Å². The maximum Gasteiger partial charge on any atom is 0.150 e. The maximum absolute atomic E-state index is 13.7. The van der Waals surface area contributed by atoms with Gasteiger partial charge in [0.05, 0.1) is 15.7 Å². The molecule has 0 unspecified atom stereocenters. The van der Waals surface area contributed by atoms with Crippen LogP contribution in [0.2, 0.25) is 10.0 Å². The molecule has 1 nitrogen and oxygen atoms in total. The first-order chi connectivity index (χ1) is 8.58. The van der Waals surface area contributed by atoms with Crippen molar-refractivity contribution in [2.75, 3.05) is 5.73 Å². The van der Waals surface area contributed by atoms with Crippen LogP contribution in [0.3, 0.4) is 0 Å². The zero-order valence-electron chi connectivity index (χ0n) is 9.29. The second-order valence-corrected chi connectivity index (χ2v) is 5.55. The first-order valence-electron chi connectivity index (χ1n) is 5.18. The number of benzene rings is 2. The Kier molecular flexibility index (Phi) is 4.38. The summed E-state index contributed by atoms with van der Waals surface area (Å²) in [5.41, 5.74) is 6.25. The van der Waals surface area contributed by atoms with E-state index in [0.29, 0.717) is 21.4 Å². The highest BCUT2D eigenvalue weighted by atomic mass is 35.5. The summed E-state index contributed by atoms with van der Waals surface area (Å²) >= 11 is 13.2. The molecule has 0 aliphatic heterocycles. The molecule has 0 aromatic heterocycles. The van der Waals surface area contributed by atoms with Crippen LogP contribution in [0.1, 0.15) is 5.56 Å². The summed E-state index contributed by atoms with van der Waals surface area (Å²) < 4.78 is 13.7. The average molecular weight is 302 g/mol. The number of anilines is 1. The Hall–Kier alpha value is -0.900. The van der Waals surface area contributed by atoms with Crippen LogP contribution in [0, 0.1) is 5.82 Å². The van der Waals surface area contributed by atoms with E-state index in [1.807, 2.05) is 6.07 Å². The predicted molar refractivity (Wildman–Crippen MR) is 76.8 cm³/mol. The summed E-state index contributed by atoms with van der Waals surface area (Å²) in [5, 5.41) is 1.01. The SMILES string of the molecule is Nc1cccc(CSc2ccc(Cl)c(Cl)c2)c1F. The molecule has 0 heterocycles. The third-order valence-electron chi connectivity index (χ3n) is 2.39. The van der Waals surface area contributed by atoms with Crippen molar-refractivity contribution in [3.63, 3.8) is 0 Å². The van der Waals surface area contributed by atoms with Gasteiger partial charge >= 0.3 is 0 Å². The lowest BCUT2D eigenvalue weighted by molar-refractivity contribution is 0.622. The van der Waals surface area contributed by atoms with Crippen molar-refractivity contribution in [2.45, 2.75) is 10.6 Å². The minimum Gasteiger partial charge on any atom is -0.396 e. The van der Waals surface area contributed by atoms with Gasteiger partial charge in [0.15, 0.2) is 0 Å². The first-order valence-corrected chi connectivity index (χ1v) is 6.93. The summed E-state index contributed by atoms with van der Waals surface area (Å²) in [6.07, 6.45) is 0. The lowest BCUT2D eigenvalue weighted by Crippen LogP contribution is -1.94. The minimum absolute atomic E-state index is 0.169. The fourth-order valence-electron chi connectivity index (χ4n) is 1.44. The molecular formula is C13H10Cl2FNS. The number of halogens is 3. The number of hydrogen-bond acceptors (Lipinski definition) is 2. The molecule has 0 atom stereocenters. The molecule has 18 heavy (non-hydrogen) atoms. The van der Waals surface area contributed by atoms with Crippen LogP contribution < -0.4 is 5.73 Å². The van der Waals surface area contributed by atoms with Gasteiger partial charge in [0.25, 0.3) is 0 Å². The molecule has 0 aliphatic carbocycles. The molecule has 0 fully saturated rings. The Bertz CT molecular complexity index is 575. The third-order valence-corrected chi connectivity index (χ3v) is 4.18. The van der Waals surface area contributed by atoms with E-state index in [1.165, 1.54) is 11.8 Å². The molecule has 0 saturated carbocycles. The number of nitrogens with two attached hydrogens (primary N) is 1. The van der Waals surface area contributed by atoms with Crippen molar-refractivity contribution in [3.05, 3.63) is 57.8 Å². The highest BCUT2D eigenvalue weighted by Crippen LogP contribution is 2.30. The molecule has 0 aliphatic rings. The van der Waals surface area contributed by atoms with Gasteiger partial charge in [-0.25, -0.2) is 4.39 Å². The van der Waals surface area contributed by atoms with Gasteiger partial charge in [-0.05, 0) is 24.3 Å². The third kappa shape index (κ3) is 3.10. The highest BCUT2D eigenvalue weighted by molar-refractivity contribution is 7.98. The molecule has 2 aromatic rings. The van der Waals surface area contributed by atoms with E-state index in [0.717, 1.165) is 4.90 Å². The van der Waals surface area contributed by atoms with Crippen LogP contribution >= 0.6 is 35.0 Å². The summed E-state index contributed by atoms with van der Waals surface area (Å²) in [4.78, 5) is 0.936. The number of hydrogen-bond donors (Lipinski definition) is 1. The molecule has 2 rings (SSSR count). The smallest absolute Gasteiger partial charge is 0.150 e. The Balaban J connectivity index is 2.11. The molecule has 0 bridgehead atoms. The molecule has 2 N–H and O–H groups in total. The first kappa shape index (κ1) is 13.5. The van der Waals surface area contributed by atoms with Crippen LogP contribution in [0.4, 0.5) is 10.1 Å². The quantitative estimate of drug-likeness (QED) is 0.637. The molecule has 2 aromatic carbocycles. The topological polar surface area (TPSA) is 26.0 Å². The monoisotopic (exact) mass is 301 g/mol. The summed E-state index contributed by atoms with van der Waals surface area (Å²) in [6, 6.07) is 10.3. The van der Waals surface area contributed by atoms with Crippen molar-refractivity contribution in [2.24, 2.45) is 0 Å². The van der Waals surface area contributed by atoms with Crippen LogP contribution in [-0.4, -0.2) is 0 Å². The Morgan fingerprint density at radius 1 is 1.11 bits per heavy atom. The summed E-state index contributed by atoms with van der Waals surface area (Å²) in [6.45, 7) is 0. The van der Waals surface area contributed by atoms with Crippen LogP contribution in [-0.2, 0) is 5.75 Å². The van der Waals surface area contributed by atoms with Gasteiger partial charge < -0.3 is 5.73 Å². The zero-order chi connectivity index (χ0) is 13.1. The highest BCUT2D eigenvalue weighted by Gasteiger charge is 2.06. The lowest BCUT2D eigenvalue weighted by atomic mass is 10.2. The minimum atomic E-state index is -0.356. The van der Waals surface area contributed by atoms with Crippen molar-refractivity contribution in [1.82, 2.24) is 0 Å². The summed E-state index contributed by atoms with van der Waals surface area (Å²) in [5.74, 6) is 0.138. The molecule has 0 radical (unpaired) electrons. The summed E-state index contributed by atoms with van der Waals surface area (Å²) in [7, 11) is 0. The Morgan fingerprint density at radius 3 is 2.61 bits per heavy atom. The van der Waals surface area contributed by atoms with Gasteiger partial charge in [0.2, 0.25) is 0 Å². The molecule has 0 spiro atoms. The van der Waals surface area contributed by atoms with Gasteiger partial charge in [-0.2, -0.15) is 0 Å². The Labute approximate surface area is 119 Å². The second-order valence-electron chi connectivity index (χ2n) is 3.68. The van der Waals surface area contributed by atoms with Gasteiger partial charge in [0, 0.05) is 16.2 Å². The van der Waals surface area contributed by atoms with Crippen molar-refractivity contribution >= 4 is 40.7 Å². The number of thioether (sulfide) groups is 1. The second kappa shape index (κ2) is 5.83. The maximum atomic E-state index is 13.7. The van der Waals surface area contributed by atoms with E-state index < -0.39 is 0 Å². The molecule has 0 saturated heterocycles. The van der Waals surface area contributed by atoms with Crippen LogP contribution in [0.25, 0.3) is 0 Å². The molecule has 5 heteroatoms. The van der Waals surface area contributed by atoms with Crippen molar-refractivity contribution in [1.29, 1.82) is 0 Å². The predicted octanol–water partition coefficient (Wildman–Crippen LogP) is 5.01. The van der Waals surface area contributed by atoms with Crippen molar-refractivity contribution in [3.8, 4) is 0 Å². The number of rotatable bonds is 3. The largest absolute Gasteiger partial charge is 0.396 e. The van der Waals surface area contributed by atoms with E-state index in [4.69, 9.17) is 28.9 Å². The standard InChI is InChI=1S/C13H10Cl2FNS/c14-10-5-4-9(6-11(10)15)18-7-8-2-1-3-12(17)13(8)16/h1-6H,7,17H2. The van der Waals surface area contributed by atoms with Crippen LogP contribution in [0.5, 0.6) is 0 Å². The van der Waals surface area contributed by atoms with Gasteiger partial charge in [-0.1, -0.05) is 35.3 Å². The Morgan fingerprint density at radius 2 is 1.89 bits per heavy atom. The van der Waals surface area contributed by atoms with E-state index >= 15 is 0 Å². The molecule has 94 valence electrons. The van der Waals surface area contributed by atoms with Gasteiger partial charge in [-0.3, -0.25) is 0 Å². The normalized spacial score (nSPS) is 10.6. The fourth-order valence-corrected chi connectivity index (χ4v) is 2.71. The van der Waals surface area contributed by atoms with Crippen molar-refractivity contribution < 1.29 is 4.39 Å². The molecular weight excluding hydrogens is 292 g/mol. The molecule has 0 amide bonds. The average Bonchev–Trinajstić information content (AvgIpc) is 2.35. The zero-order valence-corrected chi connectivity index (χ0v) is 11.6. The van der Waals surface area contributed by atoms with Crippen LogP contribution in [0.15, 0.2) is 41.3 Å². The number of nitrogen functional groups attached to an aromatic ring is 1. The van der Waals surface area contributed by atoms with E-state index in [1.54, 1.807) is 30.3 Å².